The van der Waals surface area contributed by atoms with Crippen LogP contribution in [-0.2, 0) is 9.59 Å². The molecule has 1 atom stereocenters. The Morgan fingerprint density at radius 1 is 1.33 bits per heavy atom. The Kier molecular flexibility index (Phi) is 5.83. The monoisotopic (exact) mass is 254 g/mol. The van der Waals surface area contributed by atoms with E-state index in [1.165, 1.54) is 4.90 Å². The van der Waals surface area contributed by atoms with Crippen LogP contribution < -0.4 is 0 Å². The van der Waals surface area contributed by atoms with E-state index in [0.717, 1.165) is 0 Å². The van der Waals surface area contributed by atoms with Gasteiger partial charge in [-0.3, -0.25) is 9.59 Å². The molecule has 0 radical (unpaired) electrons. The molecule has 1 N–H and O–H groups in total. The van der Waals surface area contributed by atoms with Crippen molar-refractivity contribution < 1.29 is 14.7 Å². The van der Waals surface area contributed by atoms with E-state index in [2.05, 4.69) is 0 Å². The van der Waals surface area contributed by atoms with Crippen LogP contribution in [0.3, 0.4) is 0 Å². The van der Waals surface area contributed by atoms with Crippen LogP contribution in [0.2, 0.25) is 0 Å². The van der Waals surface area contributed by atoms with Crippen molar-refractivity contribution in [1.29, 1.82) is 5.26 Å². The third-order valence-corrected chi connectivity index (χ3v) is 2.73. The number of rotatable bonds is 5. The van der Waals surface area contributed by atoms with Crippen LogP contribution in [0, 0.1) is 22.7 Å². The number of carboxylic acids is 1. The molecule has 5 nitrogen and oxygen atoms in total. The van der Waals surface area contributed by atoms with E-state index < -0.39 is 23.2 Å². The predicted molar refractivity (Wildman–Crippen MR) is 67.7 cm³/mol. The number of carbonyl (C=O) groups is 2. The highest BCUT2D eigenvalue weighted by Crippen LogP contribution is 2.28. The molecule has 0 aliphatic rings. The van der Waals surface area contributed by atoms with E-state index >= 15 is 0 Å². The van der Waals surface area contributed by atoms with Gasteiger partial charge in [0.25, 0.3) is 0 Å². The Balaban J connectivity index is 5.15. The van der Waals surface area contributed by atoms with Crippen molar-refractivity contribution in [3.63, 3.8) is 0 Å². The van der Waals surface area contributed by atoms with Gasteiger partial charge in [-0.1, -0.05) is 20.8 Å². The lowest BCUT2D eigenvalue weighted by Gasteiger charge is -2.33. The van der Waals surface area contributed by atoms with Crippen LogP contribution in [0.15, 0.2) is 0 Å². The first-order valence-electron chi connectivity index (χ1n) is 6.03. The average Bonchev–Trinajstić information content (AvgIpc) is 2.14. The summed E-state index contributed by atoms with van der Waals surface area (Å²) < 4.78 is 0. The van der Waals surface area contributed by atoms with Gasteiger partial charge in [-0.05, 0) is 19.3 Å². The molecule has 0 rings (SSSR count). The molecule has 0 aliphatic carbocycles. The minimum absolute atomic E-state index is 0.116. The molecule has 0 spiro atoms. The normalized spacial score (nSPS) is 12.9. The summed E-state index contributed by atoms with van der Waals surface area (Å²) in [6.07, 6.45) is 0.209. The summed E-state index contributed by atoms with van der Waals surface area (Å²) in [6.45, 7) is 9.09. The van der Waals surface area contributed by atoms with Gasteiger partial charge in [-0.25, -0.2) is 0 Å². The number of amides is 1. The minimum atomic E-state index is -1.12. The number of aliphatic carboxylic acids is 1. The quantitative estimate of drug-likeness (QED) is 0.759. The molecule has 5 heteroatoms. The molecule has 0 saturated heterocycles. The summed E-state index contributed by atoms with van der Waals surface area (Å²) in [5.74, 6) is -2.62. The summed E-state index contributed by atoms with van der Waals surface area (Å²) in [5, 5.41) is 17.8. The maximum Gasteiger partial charge on any atom is 0.316 e. The smallest absolute Gasteiger partial charge is 0.316 e. The van der Waals surface area contributed by atoms with E-state index in [0.29, 0.717) is 0 Å². The number of hydrogen-bond donors (Lipinski definition) is 1. The Morgan fingerprint density at radius 3 is 2.11 bits per heavy atom. The Bertz CT molecular complexity index is 350. The van der Waals surface area contributed by atoms with E-state index in [1.54, 1.807) is 20.8 Å². The van der Waals surface area contributed by atoms with Gasteiger partial charge >= 0.3 is 5.97 Å². The van der Waals surface area contributed by atoms with Crippen molar-refractivity contribution in [2.75, 3.05) is 6.54 Å². The van der Waals surface area contributed by atoms with Crippen molar-refractivity contribution in [3.05, 3.63) is 0 Å². The molecule has 102 valence electrons. The molecule has 0 bridgehead atoms. The Hall–Kier alpha value is -1.57. The van der Waals surface area contributed by atoms with Crippen molar-refractivity contribution in [2.24, 2.45) is 11.3 Å². The predicted octanol–water partition coefficient (Wildman–Crippen LogP) is 1.88. The zero-order chi connectivity index (χ0) is 14.5. The zero-order valence-electron chi connectivity index (χ0n) is 11.7. The first-order valence-corrected chi connectivity index (χ1v) is 6.03. The van der Waals surface area contributed by atoms with Crippen LogP contribution in [0.5, 0.6) is 0 Å². The second-order valence-corrected chi connectivity index (χ2v) is 5.67. The fraction of sp³-hybridized carbons (Fsp3) is 0.769. The van der Waals surface area contributed by atoms with Gasteiger partial charge in [-0.2, -0.15) is 5.26 Å². The summed E-state index contributed by atoms with van der Waals surface area (Å²) in [5.41, 5.74) is -0.650. The molecule has 18 heavy (non-hydrogen) atoms. The number of nitriles is 1. The van der Waals surface area contributed by atoms with Gasteiger partial charge < -0.3 is 10.0 Å². The second-order valence-electron chi connectivity index (χ2n) is 5.67. The molecular formula is C13H22N2O3. The van der Waals surface area contributed by atoms with E-state index in [9.17, 15) is 14.7 Å². The van der Waals surface area contributed by atoms with Gasteiger partial charge in [0.15, 0.2) is 0 Å². The lowest BCUT2D eigenvalue weighted by molar-refractivity contribution is -0.157. The average molecular weight is 254 g/mol. The molecule has 1 amide bonds. The van der Waals surface area contributed by atoms with Crippen LogP contribution in [0.1, 0.15) is 41.0 Å². The maximum atomic E-state index is 12.3. The lowest BCUT2D eigenvalue weighted by Crippen LogP contribution is -2.48. The SMILES string of the molecule is CC(C)N(CCC#N)C(=O)C(C(=O)O)C(C)(C)C. The van der Waals surface area contributed by atoms with Gasteiger partial charge in [0.1, 0.15) is 5.92 Å². The van der Waals surface area contributed by atoms with Gasteiger partial charge in [0.05, 0.1) is 12.5 Å². The third-order valence-electron chi connectivity index (χ3n) is 2.73. The molecule has 0 aromatic carbocycles. The first-order chi connectivity index (χ1) is 8.12. The van der Waals surface area contributed by atoms with Crippen molar-refractivity contribution in [1.82, 2.24) is 4.90 Å². The molecule has 0 aliphatic heterocycles. The largest absolute Gasteiger partial charge is 0.481 e. The van der Waals surface area contributed by atoms with Crippen LogP contribution in [0.25, 0.3) is 0 Å². The molecule has 0 heterocycles. The maximum absolute atomic E-state index is 12.3. The van der Waals surface area contributed by atoms with Crippen LogP contribution in [0.4, 0.5) is 0 Å². The third kappa shape index (κ3) is 4.36. The molecule has 1 unspecified atom stereocenters. The standard InChI is InChI=1S/C13H22N2O3/c1-9(2)15(8-6-7-14)11(16)10(12(17)18)13(3,4)5/h9-10H,6,8H2,1-5H3,(H,17,18). The highest BCUT2D eigenvalue weighted by atomic mass is 16.4. The van der Waals surface area contributed by atoms with Gasteiger partial charge in [0, 0.05) is 12.6 Å². The van der Waals surface area contributed by atoms with Gasteiger partial charge in [-0.15, -0.1) is 0 Å². The van der Waals surface area contributed by atoms with Crippen molar-refractivity contribution in [3.8, 4) is 6.07 Å². The van der Waals surface area contributed by atoms with Crippen LogP contribution in [-0.4, -0.2) is 34.5 Å². The molecule has 0 aromatic heterocycles. The molecule has 0 fully saturated rings. The molecule has 0 saturated carbocycles. The van der Waals surface area contributed by atoms with Crippen LogP contribution >= 0.6 is 0 Å². The second kappa shape index (κ2) is 6.39. The number of hydrogen-bond acceptors (Lipinski definition) is 3. The highest BCUT2D eigenvalue weighted by Gasteiger charge is 2.40. The summed E-state index contributed by atoms with van der Waals surface area (Å²) in [6, 6.07) is 1.86. The number of carboxylic acid groups (broad SMARTS) is 1. The zero-order valence-corrected chi connectivity index (χ0v) is 11.7. The van der Waals surface area contributed by atoms with Crippen molar-refractivity contribution in [2.45, 2.75) is 47.1 Å². The van der Waals surface area contributed by atoms with E-state index in [4.69, 9.17) is 5.26 Å². The fourth-order valence-corrected chi connectivity index (χ4v) is 1.81. The number of nitrogens with zero attached hydrogens (tertiary/aromatic N) is 2. The molecule has 0 aromatic rings. The van der Waals surface area contributed by atoms with Gasteiger partial charge in [0.2, 0.25) is 5.91 Å². The number of carbonyl (C=O) groups excluding carboxylic acids is 1. The van der Waals surface area contributed by atoms with E-state index in [1.807, 2.05) is 19.9 Å². The van der Waals surface area contributed by atoms with E-state index in [-0.39, 0.29) is 19.0 Å². The molecular weight excluding hydrogens is 232 g/mol. The Morgan fingerprint density at radius 2 is 1.83 bits per heavy atom. The summed E-state index contributed by atoms with van der Waals surface area (Å²) >= 11 is 0. The topological polar surface area (TPSA) is 81.4 Å². The lowest BCUT2D eigenvalue weighted by atomic mass is 9.79. The first kappa shape index (κ1) is 16.4. The minimum Gasteiger partial charge on any atom is -0.481 e. The fourth-order valence-electron chi connectivity index (χ4n) is 1.81. The highest BCUT2D eigenvalue weighted by molar-refractivity contribution is 5.97. The summed E-state index contributed by atoms with van der Waals surface area (Å²) in [4.78, 5) is 25.1. The Labute approximate surface area is 108 Å². The van der Waals surface area contributed by atoms with Crippen molar-refractivity contribution >= 4 is 11.9 Å². The summed E-state index contributed by atoms with van der Waals surface area (Å²) in [7, 11) is 0.